The van der Waals surface area contributed by atoms with E-state index in [9.17, 15) is 14.4 Å². The summed E-state index contributed by atoms with van der Waals surface area (Å²) in [5.41, 5.74) is 0.428. The van der Waals surface area contributed by atoms with Crippen LogP contribution in [0.5, 0.6) is 0 Å². The van der Waals surface area contributed by atoms with Crippen LogP contribution in [0.25, 0.3) is 0 Å². The molecule has 2 heterocycles. The van der Waals surface area contributed by atoms with Gasteiger partial charge in [-0.3, -0.25) is 14.4 Å². The molecular formula is C19H20N2O5S. The van der Waals surface area contributed by atoms with Crippen molar-refractivity contribution in [2.75, 3.05) is 13.2 Å². The van der Waals surface area contributed by atoms with Crippen molar-refractivity contribution in [2.24, 2.45) is 0 Å². The van der Waals surface area contributed by atoms with E-state index >= 15 is 0 Å². The van der Waals surface area contributed by atoms with Gasteiger partial charge in [0.1, 0.15) is 0 Å². The number of carboxylic acids is 1. The fourth-order valence-corrected chi connectivity index (χ4v) is 3.58. The van der Waals surface area contributed by atoms with E-state index in [0.29, 0.717) is 30.0 Å². The third kappa shape index (κ3) is 4.93. The standard InChI is InChI=1S/C19H20N2O5S/c22-16(23)10-19(7-8-26-12-19)21-17(24)14-5-3-13(4-6-14)11-20-18(25)15-2-1-9-27-15/h1-6,9H,7-8,10-12H2,(H,20,25)(H,21,24)(H,22,23). The SMILES string of the molecule is O=C(O)CC1(NC(=O)c2ccc(CNC(=O)c3cccs3)cc2)CCOC1. The van der Waals surface area contributed by atoms with Crippen LogP contribution in [0.15, 0.2) is 41.8 Å². The number of aliphatic carboxylic acids is 1. The highest BCUT2D eigenvalue weighted by atomic mass is 32.1. The van der Waals surface area contributed by atoms with Gasteiger partial charge >= 0.3 is 5.97 Å². The lowest BCUT2D eigenvalue weighted by Crippen LogP contribution is -2.50. The Labute approximate surface area is 160 Å². The average Bonchev–Trinajstić information content (AvgIpc) is 3.32. The van der Waals surface area contributed by atoms with Crippen LogP contribution in [-0.4, -0.2) is 41.6 Å². The Morgan fingerprint density at radius 2 is 1.93 bits per heavy atom. The summed E-state index contributed by atoms with van der Waals surface area (Å²) in [6, 6.07) is 10.4. The van der Waals surface area contributed by atoms with Crippen LogP contribution in [0.4, 0.5) is 0 Å². The predicted octanol–water partition coefficient (Wildman–Crippen LogP) is 2.04. The molecule has 0 aliphatic carbocycles. The Morgan fingerprint density at radius 1 is 1.15 bits per heavy atom. The van der Waals surface area contributed by atoms with Gasteiger partial charge in [-0.15, -0.1) is 11.3 Å². The number of amides is 2. The molecule has 8 heteroatoms. The van der Waals surface area contributed by atoms with Crippen molar-refractivity contribution < 1.29 is 24.2 Å². The van der Waals surface area contributed by atoms with Gasteiger partial charge in [-0.05, 0) is 35.6 Å². The van der Waals surface area contributed by atoms with Crippen molar-refractivity contribution in [2.45, 2.75) is 24.9 Å². The molecule has 1 aromatic carbocycles. The molecule has 3 rings (SSSR count). The number of nitrogens with one attached hydrogen (secondary N) is 2. The average molecular weight is 388 g/mol. The second-order valence-corrected chi connectivity index (χ2v) is 7.41. The topological polar surface area (TPSA) is 105 Å². The minimum atomic E-state index is -0.974. The van der Waals surface area contributed by atoms with Gasteiger partial charge in [-0.1, -0.05) is 18.2 Å². The van der Waals surface area contributed by atoms with Gasteiger partial charge < -0.3 is 20.5 Å². The molecule has 1 atom stereocenters. The number of carbonyl (C=O) groups excluding carboxylic acids is 2. The maximum atomic E-state index is 12.5. The van der Waals surface area contributed by atoms with Crippen molar-refractivity contribution in [1.82, 2.24) is 10.6 Å². The minimum absolute atomic E-state index is 0.135. The summed E-state index contributed by atoms with van der Waals surface area (Å²) in [5.74, 6) is -1.45. The largest absolute Gasteiger partial charge is 0.481 e. The number of hydrogen-bond acceptors (Lipinski definition) is 5. The van der Waals surface area contributed by atoms with Crippen molar-refractivity contribution in [1.29, 1.82) is 0 Å². The van der Waals surface area contributed by atoms with Gasteiger partial charge in [0.05, 0.1) is 23.4 Å². The van der Waals surface area contributed by atoms with Gasteiger partial charge in [0.15, 0.2) is 0 Å². The molecular weight excluding hydrogens is 368 g/mol. The number of hydrogen-bond donors (Lipinski definition) is 3. The molecule has 27 heavy (non-hydrogen) atoms. The highest BCUT2D eigenvalue weighted by Gasteiger charge is 2.38. The molecule has 0 radical (unpaired) electrons. The maximum Gasteiger partial charge on any atom is 0.305 e. The van der Waals surface area contributed by atoms with Crippen LogP contribution in [0.1, 0.15) is 38.4 Å². The molecule has 3 N–H and O–H groups in total. The summed E-state index contributed by atoms with van der Waals surface area (Å²) in [4.78, 5) is 36.2. The fourth-order valence-electron chi connectivity index (χ4n) is 2.94. The number of carboxylic acid groups (broad SMARTS) is 1. The Bertz CT molecular complexity index is 811. The quantitative estimate of drug-likeness (QED) is 0.673. The molecule has 1 aromatic heterocycles. The van der Waals surface area contributed by atoms with E-state index in [2.05, 4.69) is 10.6 Å². The summed E-state index contributed by atoms with van der Waals surface area (Å²) in [6.07, 6.45) is 0.295. The Kier molecular flexibility index (Phi) is 5.88. The molecule has 1 saturated heterocycles. The first-order valence-corrected chi connectivity index (χ1v) is 9.38. The summed E-state index contributed by atoms with van der Waals surface area (Å²) in [7, 11) is 0. The Hall–Kier alpha value is -2.71. The van der Waals surface area contributed by atoms with Gasteiger partial charge in [0, 0.05) is 18.7 Å². The second kappa shape index (κ2) is 8.32. The van der Waals surface area contributed by atoms with Crippen molar-refractivity contribution in [3.63, 3.8) is 0 Å². The number of rotatable bonds is 7. The van der Waals surface area contributed by atoms with E-state index in [1.165, 1.54) is 11.3 Å². The number of benzene rings is 1. The van der Waals surface area contributed by atoms with E-state index in [0.717, 1.165) is 5.56 Å². The normalized spacial score (nSPS) is 18.8. The molecule has 0 bridgehead atoms. The molecule has 1 aliphatic heterocycles. The van der Waals surface area contributed by atoms with Gasteiger partial charge in [-0.2, -0.15) is 0 Å². The predicted molar refractivity (Wildman–Crippen MR) is 99.8 cm³/mol. The van der Waals surface area contributed by atoms with Crippen LogP contribution in [0.3, 0.4) is 0 Å². The van der Waals surface area contributed by atoms with E-state index in [-0.39, 0.29) is 24.8 Å². The zero-order valence-corrected chi connectivity index (χ0v) is 15.4. The lowest BCUT2D eigenvalue weighted by atomic mass is 9.93. The van der Waals surface area contributed by atoms with Gasteiger partial charge in [0.25, 0.3) is 11.8 Å². The fraction of sp³-hybridized carbons (Fsp3) is 0.316. The summed E-state index contributed by atoms with van der Waals surface area (Å²) >= 11 is 1.37. The first-order chi connectivity index (χ1) is 13.0. The summed E-state index contributed by atoms with van der Waals surface area (Å²) in [5, 5.41) is 16.6. The minimum Gasteiger partial charge on any atom is -0.481 e. The third-order valence-electron chi connectivity index (χ3n) is 4.39. The molecule has 1 unspecified atom stereocenters. The molecule has 1 fully saturated rings. The number of carbonyl (C=O) groups is 3. The number of thiophene rings is 1. The Balaban J connectivity index is 1.58. The molecule has 142 valence electrons. The third-order valence-corrected chi connectivity index (χ3v) is 5.25. The maximum absolute atomic E-state index is 12.5. The van der Waals surface area contributed by atoms with E-state index in [1.54, 1.807) is 30.3 Å². The van der Waals surface area contributed by atoms with E-state index in [4.69, 9.17) is 9.84 Å². The zero-order chi connectivity index (χ0) is 19.3. The van der Waals surface area contributed by atoms with Crippen LogP contribution < -0.4 is 10.6 Å². The smallest absolute Gasteiger partial charge is 0.305 e. The Morgan fingerprint density at radius 3 is 2.52 bits per heavy atom. The lowest BCUT2D eigenvalue weighted by molar-refractivity contribution is -0.138. The first kappa shape index (κ1) is 19.1. The molecule has 1 aliphatic rings. The van der Waals surface area contributed by atoms with Crippen molar-refractivity contribution >= 4 is 29.1 Å². The van der Waals surface area contributed by atoms with Crippen LogP contribution in [0.2, 0.25) is 0 Å². The highest BCUT2D eigenvalue weighted by Crippen LogP contribution is 2.23. The monoisotopic (exact) mass is 388 g/mol. The highest BCUT2D eigenvalue weighted by molar-refractivity contribution is 7.12. The van der Waals surface area contributed by atoms with Crippen LogP contribution in [0, 0.1) is 0 Å². The second-order valence-electron chi connectivity index (χ2n) is 6.46. The molecule has 0 saturated carbocycles. The van der Waals surface area contributed by atoms with Gasteiger partial charge in [-0.25, -0.2) is 0 Å². The summed E-state index contributed by atoms with van der Waals surface area (Å²) in [6.45, 7) is 0.976. The number of ether oxygens (including phenoxy) is 1. The first-order valence-electron chi connectivity index (χ1n) is 8.50. The molecule has 7 nitrogen and oxygen atoms in total. The van der Waals surface area contributed by atoms with Crippen LogP contribution in [-0.2, 0) is 16.1 Å². The molecule has 2 amide bonds. The van der Waals surface area contributed by atoms with Gasteiger partial charge in [0.2, 0.25) is 0 Å². The molecule has 0 spiro atoms. The van der Waals surface area contributed by atoms with E-state index < -0.39 is 11.5 Å². The summed E-state index contributed by atoms with van der Waals surface area (Å²) < 4.78 is 5.28. The molecule has 2 aromatic rings. The van der Waals surface area contributed by atoms with E-state index in [1.807, 2.05) is 11.4 Å². The van der Waals surface area contributed by atoms with Crippen molar-refractivity contribution in [3.05, 3.63) is 57.8 Å². The zero-order valence-electron chi connectivity index (χ0n) is 14.6. The lowest BCUT2D eigenvalue weighted by Gasteiger charge is -2.27. The van der Waals surface area contributed by atoms with Crippen molar-refractivity contribution in [3.8, 4) is 0 Å². The van der Waals surface area contributed by atoms with Crippen LogP contribution >= 0.6 is 11.3 Å².